The number of halogens is 2. The van der Waals surface area contributed by atoms with Gasteiger partial charge in [0.25, 0.3) is 0 Å². The second kappa shape index (κ2) is 8.19. The van der Waals surface area contributed by atoms with Crippen molar-refractivity contribution in [3.05, 3.63) is 28.5 Å². The zero-order valence-corrected chi connectivity index (χ0v) is 14.6. The van der Waals surface area contributed by atoms with Crippen LogP contribution in [0.2, 0.25) is 0 Å². The first kappa shape index (κ1) is 18.5. The molecule has 0 aliphatic rings. The third-order valence-electron chi connectivity index (χ3n) is 2.91. The number of hydrogen-bond donors (Lipinski definition) is 0. The van der Waals surface area contributed by atoms with E-state index in [1.807, 2.05) is 0 Å². The first-order valence-corrected chi connectivity index (χ1v) is 8.52. The minimum Gasteiger partial charge on any atom is -0.383 e. The van der Waals surface area contributed by atoms with E-state index in [2.05, 4.69) is 15.9 Å². The minimum absolute atomic E-state index is 0.0951. The maximum Gasteiger partial charge on any atom is 0.243 e. The summed E-state index contributed by atoms with van der Waals surface area (Å²) >= 11 is 3.01. The number of benzene rings is 1. The lowest BCUT2D eigenvalue weighted by Crippen LogP contribution is -2.42. The Bertz CT molecular complexity index is 567. The van der Waals surface area contributed by atoms with Crippen LogP contribution in [0.3, 0.4) is 0 Å². The molecule has 1 rings (SSSR count). The van der Waals surface area contributed by atoms with E-state index in [0.29, 0.717) is 0 Å². The molecule has 120 valence electrons. The quantitative estimate of drug-likeness (QED) is 0.690. The van der Waals surface area contributed by atoms with Crippen LogP contribution in [-0.2, 0) is 19.5 Å². The Hall–Kier alpha value is -0.540. The van der Waals surface area contributed by atoms with Gasteiger partial charge in [-0.05, 0) is 41.1 Å². The molecule has 0 aromatic heterocycles. The molecule has 0 amide bonds. The standard InChI is InChI=1S/C13H19BrFNO4S/c1-10(9-20-3)16(6-7-19-2)21(17,18)11-4-5-12(14)13(15)8-11/h4-5,8,10H,6-7,9H2,1-3H3. The molecule has 5 nitrogen and oxygen atoms in total. The molecule has 0 fully saturated rings. The van der Waals surface area contributed by atoms with E-state index >= 15 is 0 Å². The molecular formula is C13H19BrFNO4S. The van der Waals surface area contributed by atoms with E-state index in [-0.39, 0.29) is 35.2 Å². The highest BCUT2D eigenvalue weighted by Crippen LogP contribution is 2.23. The van der Waals surface area contributed by atoms with E-state index in [9.17, 15) is 12.8 Å². The molecule has 8 heteroatoms. The third kappa shape index (κ3) is 4.72. The third-order valence-corrected chi connectivity index (χ3v) is 5.57. The number of sulfonamides is 1. The van der Waals surface area contributed by atoms with Crippen LogP contribution in [-0.4, -0.2) is 52.7 Å². The molecule has 1 atom stereocenters. The number of rotatable bonds is 8. The average Bonchev–Trinajstić information content (AvgIpc) is 2.42. The maximum absolute atomic E-state index is 13.6. The first-order chi connectivity index (χ1) is 9.84. The summed E-state index contributed by atoms with van der Waals surface area (Å²) in [6.45, 7) is 2.38. The summed E-state index contributed by atoms with van der Waals surface area (Å²) in [5.74, 6) is -0.623. The summed E-state index contributed by atoms with van der Waals surface area (Å²) in [4.78, 5) is -0.0951. The van der Waals surface area contributed by atoms with E-state index in [0.717, 1.165) is 6.07 Å². The van der Waals surface area contributed by atoms with Gasteiger partial charge in [-0.3, -0.25) is 0 Å². The van der Waals surface area contributed by atoms with E-state index in [1.54, 1.807) is 6.92 Å². The van der Waals surface area contributed by atoms with Gasteiger partial charge in [-0.1, -0.05) is 0 Å². The molecule has 0 saturated carbocycles. The molecule has 0 aliphatic heterocycles. The van der Waals surface area contributed by atoms with Gasteiger partial charge in [0.1, 0.15) is 5.82 Å². The van der Waals surface area contributed by atoms with E-state index in [1.165, 1.54) is 30.7 Å². The van der Waals surface area contributed by atoms with Gasteiger partial charge in [0, 0.05) is 26.8 Å². The molecule has 21 heavy (non-hydrogen) atoms. The fraction of sp³-hybridized carbons (Fsp3) is 0.538. The fourth-order valence-corrected chi connectivity index (χ4v) is 3.72. The van der Waals surface area contributed by atoms with Crippen molar-refractivity contribution < 1.29 is 22.3 Å². The number of hydrogen-bond acceptors (Lipinski definition) is 4. The topological polar surface area (TPSA) is 55.8 Å². The Morgan fingerprint density at radius 2 is 2.00 bits per heavy atom. The van der Waals surface area contributed by atoms with Gasteiger partial charge < -0.3 is 9.47 Å². The summed E-state index contributed by atoms with van der Waals surface area (Å²) in [5.41, 5.74) is 0. The highest BCUT2D eigenvalue weighted by molar-refractivity contribution is 9.10. The maximum atomic E-state index is 13.6. The second-order valence-electron chi connectivity index (χ2n) is 4.49. The molecule has 0 heterocycles. The van der Waals surface area contributed by atoms with Gasteiger partial charge in [-0.2, -0.15) is 4.31 Å². The summed E-state index contributed by atoms with van der Waals surface area (Å²) in [7, 11) is -0.833. The largest absolute Gasteiger partial charge is 0.383 e. The van der Waals surface area contributed by atoms with Crippen molar-refractivity contribution in [1.82, 2.24) is 4.31 Å². The monoisotopic (exact) mass is 383 g/mol. The lowest BCUT2D eigenvalue weighted by atomic mass is 10.3. The zero-order valence-electron chi connectivity index (χ0n) is 12.2. The smallest absolute Gasteiger partial charge is 0.243 e. The van der Waals surface area contributed by atoms with Gasteiger partial charge >= 0.3 is 0 Å². The predicted octanol–water partition coefficient (Wildman–Crippen LogP) is 2.26. The van der Waals surface area contributed by atoms with Crippen LogP contribution in [0.5, 0.6) is 0 Å². The molecule has 1 aromatic rings. The van der Waals surface area contributed by atoms with Gasteiger partial charge in [0.15, 0.2) is 0 Å². The lowest BCUT2D eigenvalue weighted by molar-refractivity contribution is 0.119. The van der Waals surface area contributed by atoms with Crippen molar-refractivity contribution in [2.45, 2.75) is 17.9 Å². The SMILES string of the molecule is COCCN(C(C)COC)S(=O)(=O)c1ccc(Br)c(F)c1. The Morgan fingerprint density at radius 1 is 1.33 bits per heavy atom. The summed E-state index contributed by atoms with van der Waals surface area (Å²) in [6.07, 6.45) is 0. The first-order valence-electron chi connectivity index (χ1n) is 6.29. The summed E-state index contributed by atoms with van der Waals surface area (Å²) < 4.78 is 50.3. The van der Waals surface area contributed by atoms with Crippen LogP contribution in [0.25, 0.3) is 0 Å². The molecule has 1 unspecified atom stereocenters. The van der Waals surface area contributed by atoms with Crippen LogP contribution >= 0.6 is 15.9 Å². The van der Waals surface area contributed by atoms with Crippen LogP contribution < -0.4 is 0 Å². The molecule has 0 bridgehead atoms. The Morgan fingerprint density at radius 3 is 2.52 bits per heavy atom. The lowest BCUT2D eigenvalue weighted by Gasteiger charge is -2.27. The van der Waals surface area contributed by atoms with Crippen molar-refractivity contribution in [3.63, 3.8) is 0 Å². The van der Waals surface area contributed by atoms with Crippen molar-refractivity contribution in [2.75, 3.05) is 34.0 Å². The van der Waals surface area contributed by atoms with Crippen LogP contribution in [0.15, 0.2) is 27.6 Å². The van der Waals surface area contributed by atoms with Crippen molar-refractivity contribution >= 4 is 26.0 Å². The van der Waals surface area contributed by atoms with E-state index < -0.39 is 15.8 Å². The van der Waals surface area contributed by atoms with Crippen molar-refractivity contribution in [2.24, 2.45) is 0 Å². The summed E-state index contributed by atoms with van der Waals surface area (Å²) in [5, 5.41) is 0. The molecule has 0 radical (unpaired) electrons. The van der Waals surface area contributed by atoms with Crippen molar-refractivity contribution in [3.8, 4) is 0 Å². The van der Waals surface area contributed by atoms with Crippen LogP contribution in [0, 0.1) is 5.82 Å². The molecule has 0 saturated heterocycles. The molecule has 0 spiro atoms. The van der Waals surface area contributed by atoms with Gasteiger partial charge in [0.05, 0.1) is 22.6 Å². The average molecular weight is 384 g/mol. The highest BCUT2D eigenvalue weighted by atomic mass is 79.9. The normalized spacial score (nSPS) is 13.6. The molecular weight excluding hydrogens is 365 g/mol. The fourth-order valence-electron chi connectivity index (χ4n) is 1.86. The molecule has 0 N–H and O–H groups in total. The van der Waals surface area contributed by atoms with Gasteiger partial charge in [0.2, 0.25) is 10.0 Å². The van der Waals surface area contributed by atoms with Crippen molar-refractivity contribution in [1.29, 1.82) is 0 Å². The number of methoxy groups -OCH3 is 2. The summed E-state index contributed by atoms with van der Waals surface area (Å²) in [6, 6.07) is 3.35. The van der Waals surface area contributed by atoms with Gasteiger partial charge in [-0.25, -0.2) is 12.8 Å². The van der Waals surface area contributed by atoms with Gasteiger partial charge in [-0.15, -0.1) is 0 Å². The van der Waals surface area contributed by atoms with Crippen LogP contribution in [0.4, 0.5) is 4.39 Å². The molecule has 1 aromatic carbocycles. The number of ether oxygens (including phenoxy) is 2. The highest BCUT2D eigenvalue weighted by Gasteiger charge is 2.29. The Labute approximate surface area is 133 Å². The second-order valence-corrected chi connectivity index (χ2v) is 7.23. The minimum atomic E-state index is -3.82. The Balaban J connectivity index is 3.15. The number of nitrogens with zero attached hydrogens (tertiary/aromatic N) is 1. The Kier molecular flexibility index (Phi) is 7.22. The predicted molar refractivity (Wildman–Crippen MR) is 81.2 cm³/mol. The zero-order chi connectivity index (χ0) is 16.0. The van der Waals surface area contributed by atoms with Crippen LogP contribution in [0.1, 0.15) is 6.92 Å². The van der Waals surface area contributed by atoms with E-state index in [4.69, 9.17) is 9.47 Å². The molecule has 0 aliphatic carbocycles.